The fraction of sp³-hybridized carbons (Fsp3) is 0.375. The molecule has 0 aliphatic heterocycles. The van der Waals surface area contributed by atoms with Gasteiger partial charge in [0.05, 0.1) is 0 Å². The SMILES string of the molecule is C=CC(C)(C)n1ccnc1[N+](=O)[O-]. The summed E-state index contributed by atoms with van der Waals surface area (Å²) in [5.74, 6) is -0.162. The number of imidazole rings is 1. The number of aromatic nitrogens is 2. The summed E-state index contributed by atoms with van der Waals surface area (Å²) in [4.78, 5) is 13.7. The first-order chi connectivity index (χ1) is 5.99. The molecule has 0 saturated carbocycles. The van der Waals surface area contributed by atoms with Crippen LogP contribution in [0.4, 0.5) is 5.95 Å². The van der Waals surface area contributed by atoms with Crippen LogP contribution >= 0.6 is 0 Å². The summed E-state index contributed by atoms with van der Waals surface area (Å²) in [5, 5.41) is 10.5. The van der Waals surface area contributed by atoms with Gasteiger partial charge in [-0.15, -0.1) is 0 Å². The summed E-state index contributed by atoms with van der Waals surface area (Å²) in [5.41, 5.74) is -0.487. The molecule has 0 fully saturated rings. The van der Waals surface area contributed by atoms with Gasteiger partial charge in [0, 0.05) is 0 Å². The highest BCUT2D eigenvalue weighted by molar-refractivity contribution is 5.14. The van der Waals surface area contributed by atoms with Crippen LogP contribution in [0.2, 0.25) is 0 Å². The second-order valence-corrected chi connectivity index (χ2v) is 3.21. The van der Waals surface area contributed by atoms with Gasteiger partial charge in [0.15, 0.2) is 0 Å². The van der Waals surface area contributed by atoms with E-state index in [-0.39, 0.29) is 5.95 Å². The van der Waals surface area contributed by atoms with Gasteiger partial charge in [0.1, 0.15) is 17.9 Å². The number of nitrogens with zero attached hydrogens (tertiary/aromatic N) is 3. The van der Waals surface area contributed by atoms with Crippen LogP contribution in [-0.2, 0) is 5.54 Å². The molecule has 0 atom stereocenters. The predicted molar refractivity (Wildman–Crippen MR) is 48.4 cm³/mol. The molecule has 0 aromatic carbocycles. The van der Waals surface area contributed by atoms with Gasteiger partial charge >= 0.3 is 5.95 Å². The minimum atomic E-state index is -0.509. The molecule has 1 rings (SSSR count). The van der Waals surface area contributed by atoms with Gasteiger partial charge in [0.2, 0.25) is 0 Å². The van der Waals surface area contributed by atoms with Crippen molar-refractivity contribution in [2.24, 2.45) is 0 Å². The molecule has 0 unspecified atom stereocenters. The van der Waals surface area contributed by atoms with Gasteiger partial charge in [-0.05, 0) is 18.8 Å². The first kappa shape index (κ1) is 9.44. The van der Waals surface area contributed by atoms with Gasteiger partial charge < -0.3 is 10.1 Å². The van der Waals surface area contributed by atoms with E-state index in [1.54, 1.807) is 12.3 Å². The van der Waals surface area contributed by atoms with Gasteiger partial charge in [-0.1, -0.05) is 17.6 Å². The maximum absolute atomic E-state index is 10.5. The van der Waals surface area contributed by atoms with Gasteiger partial charge in [0.25, 0.3) is 0 Å². The molecule has 0 amide bonds. The van der Waals surface area contributed by atoms with Crippen molar-refractivity contribution in [3.63, 3.8) is 0 Å². The van der Waals surface area contributed by atoms with Crippen molar-refractivity contribution in [3.05, 3.63) is 35.2 Å². The van der Waals surface area contributed by atoms with E-state index in [0.717, 1.165) is 0 Å². The Morgan fingerprint density at radius 3 is 2.85 bits per heavy atom. The fourth-order valence-corrected chi connectivity index (χ4v) is 0.979. The van der Waals surface area contributed by atoms with Crippen molar-refractivity contribution >= 4 is 5.95 Å². The largest absolute Gasteiger partial charge is 0.435 e. The molecule has 0 spiro atoms. The lowest BCUT2D eigenvalue weighted by Gasteiger charge is -2.18. The molecule has 0 aliphatic carbocycles. The van der Waals surface area contributed by atoms with E-state index in [0.29, 0.717) is 0 Å². The normalized spacial score (nSPS) is 11.2. The summed E-state index contributed by atoms with van der Waals surface area (Å²) in [6.45, 7) is 7.27. The molecule has 0 N–H and O–H groups in total. The van der Waals surface area contributed by atoms with Crippen LogP contribution in [-0.4, -0.2) is 14.5 Å². The van der Waals surface area contributed by atoms with E-state index < -0.39 is 10.5 Å². The fourth-order valence-electron chi connectivity index (χ4n) is 0.979. The van der Waals surface area contributed by atoms with Crippen LogP contribution < -0.4 is 0 Å². The van der Waals surface area contributed by atoms with Crippen molar-refractivity contribution < 1.29 is 4.92 Å². The van der Waals surface area contributed by atoms with E-state index in [9.17, 15) is 10.1 Å². The zero-order chi connectivity index (χ0) is 10.1. The monoisotopic (exact) mass is 181 g/mol. The molecule has 0 aliphatic rings. The quantitative estimate of drug-likeness (QED) is 0.405. The third kappa shape index (κ3) is 1.58. The van der Waals surface area contributed by atoms with Gasteiger partial charge in [-0.3, -0.25) is 0 Å². The van der Waals surface area contributed by atoms with Crippen molar-refractivity contribution in [2.75, 3.05) is 0 Å². The smallest absolute Gasteiger partial charge is 0.390 e. The van der Waals surface area contributed by atoms with E-state index in [2.05, 4.69) is 11.6 Å². The zero-order valence-electron chi connectivity index (χ0n) is 7.60. The lowest BCUT2D eigenvalue weighted by atomic mass is 10.1. The van der Waals surface area contributed by atoms with Crippen LogP contribution in [0.1, 0.15) is 13.8 Å². The Labute approximate surface area is 75.9 Å². The van der Waals surface area contributed by atoms with Crippen molar-refractivity contribution in [1.29, 1.82) is 0 Å². The maximum atomic E-state index is 10.5. The molecule has 5 nitrogen and oxygen atoms in total. The lowest BCUT2D eigenvalue weighted by Crippen LogP contribution is -2.23. The molecule has 5 heteroatoms. The van der Waals surface area contributed by atoms with E-state index in [1.165, 1.54) is 10.8 Å². The van der Waals surface area contributed by atoms with E-state index in [1.807, 2.05) is 13.8 Å². The minimum Gasteiger partial charge on any atom is -0.390 e. The second-order valence-electron chi connectivity index (χ2n) is 3.21. The van der Waals surface area contributed by atoms with Crippen molar-refractivity contribution in [1.82, 2.24) is 9.55 Å². The van der Waals surface area contributed by atoms with Crippen molar-refractivity contribution in [2.45, 2.75) is 19.4 Å². The summed E-state index contributed by atoms with van der Waals surface area (Å²) in [7, 11) is 0. The highest BCUT2D eigenvalue weighted by atomic mass is 16.6. The van der Waals surface area contributed by atoms with Crippen LogP contribution in [0.5, 0.6) is 0 Å². The first-order valence-corrected chi connectivity index (χ1v) is 3.81. The molecule has 0 bridgehead atoms. The molecular formula is C8H11N3O2. The van der Waals surface area contributed by atoms with Crippen LogP contribution in [0, 0.1) is 10.1 Å². The number of allylic oxidation sites excluding steroid dienone is 1. The standard InChI is InChI=1S/C8H11N3O2/c1-4-8(2,3)10-6-5-9-7(10)11(12)13/h4-6H,1H2,2-3H3. The molecular weight excluding hydrogens is 170 g/mol. The summed E-state index contributed by atoms with van der Waals surface area (Å²) in [6, 6.07) is 0. The van der Waals surface area contributed by atoms with Gasteiger partial charge in [-0.2, -0.15) is 0 Å². The molecule has 70 valence electrons. The highest BCUT2D eigenvalue weighted by Crippen LogP contribution is 2.21. The average Bonchev–Trinajstić information content (AvgIpc) is 2.52. The van der Waals surface area contributed by atoms with Crippen LogP contribution in [0.15, 0.2) is 25.0 Å². The topological polar surface area (TPSA) is 61.0 Å². The van der Waals surface area contributed by atoms with Crippen LogP contribution in [0.3, 0.4) is 0 Å². The minimum absolute atomic E-state index is 0.162. The number of rotatable bonds is 3. The summed E-state index contributed by atoms with van der Waals surface area (Å²) < 4.78 is 1.47. The Morgan fingerprint density at radius 2 is 2.38 bits per heavy atom. The lowest BCUT2D eigenvalue weighted by molar-refractivity contribution is -0.397. The molecule has 13 heavy (non-hydrogen) atoms. The number of nitro groups is 1. The Kier molecular flexibility index (Phi) is 2.18. The molecule has 1 heterocycles. The average molecular weight is 181 g/mol. The molecule has 1 aromatic heterocycles. The van der Waals surface area contributed by atoms with Gasteiger partial charge in [-0.25, -0.2) is 4.57 Å². The maximum Gasteiger partial charge on any atom is 0.435 e. The van der Waals surface area contributed by atoms with Crippen molar-refractivity contribution in [3.8, 4) is 0 Å². The van der Waals surface area contributed by atoms with E-state index in [4.69, 9.17) is 0 Å². The Balaban J connectivity index is 3.22. The van der Waals surface area contributed by atoms with Crippen LogP contribution in [0.25, 0.3) is 0 Å². The molecule has 1 aromatic rings. The number of hydrogen-bond donors (Lipinski definition) is 0. The first-order valence-electron chi connectivity index (χ1n) is 3.81. The predicted octanol–water partition coefficient (Wildman–Crippen LogP) is 1.71. The second kappa shape index (κ2) is 3.01. The molecule has 0 radical (unpaired) electrons. The molecule has 0 saturated heterocycles. The Bertz CT molecular complexity index is 341. The van der Waals surface area contributed by atoms with E-state index >= 15 is 0 Å². The summed E-state index contributed by atoms with van der Waals surface area (Å²) >= 11 is 0. The highest BCUT2D eigenvalue weighted by Gasteiger charge is 2.26. The zero-order valence-corrected chi connectivity index (χ0v) is 7.60. The summed E-state index contributed by atoms with van der Waals surface area (Å²) in [6.07, 6.45) is 4.62. The third-order valence-corrected chi connectivity index (χ3v) is 1.90. The number of hydrogen-bond acceptors (Lipinski definition) is 3. The Morgan fingerprint density at radius 1 is 1.77 bits per heavy atom. The third-order valence-electron chi connectivity index (χ3n) is 1.90. The Hall–Kier alpha value is -1.65.